The van der Waals surface area contributed by atoms with Crippen molar-refractivity contribution in [2.24, 2.45) is 23.7 Å². The van der Waals surface area contributed by atoms with Crippen LogP contribution in [0.4, 0.5) is 0 Å². The summed E-state index contributed by atoms with van der Waals surface area (Å²) in [6.45, 7) is 4.47. The Morgan fingerprint density at radius 2 is 1.90 bits per heavy atom. The molecular formula is C9H16O. The Morgan fingerprint density at radius 3 is 2.30 bits per heavy atom. The first-order valence-electron chi connectivity index (χ1n) is 4.38. The summed E-state index contributed by atoms with van der Waals surface area (Å²) in [5.74, 6) is 2.85. The molecule has 2 fully saturated rings. The molecule has 5 unspecified atom stereocenters. The molecule has 5 atom stereocenters. The van der Waals surface area contributed by atoms with Crippen LogP contribution in [0.25, 0.3) is 0 Å². The summed E-state index contributed by atoms with van der Waals surface area (Å²) in [4.78, 5) is 0. The third-order valence-electron chi connectivity index (χ3n) is 3.70. The third kappa shape index (κ3) is 0.672. The number of aliphatic hydroxyl groups excluding tert-OH is 1. The minimum atomic E-state index is 0.0220. The maximum absolute atomic E-state index is 9.66. The molecule has 1 N–H and O–H groups in total. The summed E-state index contributed by atoms with van der Waals surface area (Å²) < 4.78 is 0. The van der Waals surface area contributed by atoms with Crippen LogP contribution in [-0.4, -0.2) is 11.2 Å². The molecule has 2 rings (SSSR count). The van der Waals surface area contributed by atoms with Gasteiger partial charge >= 0.3 is 0 Å². The molecule has 1 nitrogen and oxygen atoms in total. The smallest absolute Gasteiger partial charge is 0.0599 e. The largest absolute Gasteiger partial charge is 0.393 e. The van der Waals surface area contributed by atoms with Crippen LogP contribution in [0.2, 0.25) is 0 Å². The van der Waals surface area contributed by atoms with Gasteiger partial charge in [-0.2, -0.15) is 0 Å². The fraction of sp³-hybridized carbons (Fsp3) is 1.00. The van der Waals surface area contributed by atoms with E-state index in [9.17, 15) is 5.11 Å². The lowest BCUT2D eigenvalue weighted by atomic mass is 9.82. The van der Waals surface area contributed by atoms with Crippen molar-refractivity contribution in [3.05, 3.63) is 0 Å². The molecule has 2 aliphatic carbocycles. The Balaban J connectivity index is 2.16. The number of rotatable bonds is 0. The van der Waals surface area contributed by atoms with Crippen LogP contribution in [0, 0.1) is 23.7 Å². The molecule has 0 saturated heterocycles. The maximum atomic E-state index is 9.66. The highest BCUT2D eigenvalue weighted by molar-refractivity contribution is 4.97. The zero-order valence-electron chi connectivity index (χ0n) is 6.75. The van der Waals surface area contributed by atoms with Crippen LogP contribution >= 0.6 is 0 Å². The first kappa shape index (κ1) is 6.66. The highest BCUT2D eigenvalue weighted by atomic mass is 16.3. The normalized spacial score (nSPS) is 59.7. The van der Waals surface area contributed by atoms with Crippen LogP contribution in [-0.2, 0) is 0 Å². The molecule has 0 aliphatic heterocycles. The van der Waals surface area contributed by atoms with E-state index in [1.807, 2.05) is 0 Å². The van der Waals surface area contributed by atoms with Crippen molar-refractivity contribution in [1.82, 2.24) is 0 Å². The lowest BCUT2D eigenvalue weighted by Crippen LogP contribution is -2.29. The first-order valence-corrected chi connectivity index (χ1v) is 4.38. The van der Waals surface area contributed by atoms with Gasteiger partial charge in [0.1, 0.15) is 0 Å². The van der Waals surface area contributed by atoms with E-state index in [0.29, 0.717) is 11.8 Å². The lowest BCUT2D eigenvalue weighted by molar-refractivity contribution is 0.0438. The first-order chi connectivity index (χ1) is 4.70. The van der Waals surface area contributed by atoms with E-state index < -0.39 is 0 Å². The van der Waals surface area contributed by atoms with Gasteiger partial charge < -0.3 is 5.11 Å². The molecular weight excluding hydrogens is 124 g/mol. The molecule has 1 heteroatoms. The van der Waals surface area contributed by atoms with Crippen LogP contribution in [0.15, 0.2) is 0 Å². The van der Waals surface area contributed by atoms with Gasteiger partial charge in [0.2, 0.25) is 0 Å². The standard InChI is InChI=1S/C9H16O/c1-5-3-7-4-8(5)9(10)6(7)2/h5-10H,3-4H2,1-2H3. The van der Waals surface area contributed by atoms with Gasteiger partial charge in [0.25, 0.3) is 0 Å². The summed E-state index contributed by atoms with van der Waals surface area (Å²) >= 11 is 0. The third-order valence-corrected chi connectivity index (χ3v) is 3.70. The topological polar surface area (TPSA) is 20.2 Å². The van der Waals surface area contributed by atoms with Gasteiger partial charge in [0.15, 0.2) is 0 Å². The van der Waals surface area contributed by atoms with Crippen molar-refractivity contribution >= 4 is 0 Å². The highest BCUT2D eigenvalue weighted by Gasteiger charge is 2.48. The minimum Gasteiger partial charge on any atom is -0.393 e. The van der Waals surface area contributed by atoms with Gasteiger partial charge in [-0.15, -0.1) is 0 Å². The second-order valence-corrected chi connectivity index (χ2v) is 4.22. The van der Waals surface area contributed by atoms with Crippen LogP contribution in [0.5, 0.6) is 0 Å². The zero-order chi connectivity index (χ0) is 7.30. The van der Waals surface area contributed by atoms with Crippen molar-refractivity contribution in [3.63, 3.8) is 0 Å². The maximum Gasteiger partial charge on any atom is 0.0599 e. The number of hydrogen-bond acceptors (Lipinski definition) is 1. The van der Waals surface area contributed by atoms with Crippen molar-refractivity contribution in [3.8, 4) is 0 Å². The van der Waals surface area contributed by atoms with E-state index in [-0.39, 0.29) is 6.10 Å². The molecule has 0 heterocycles. The molecule has 58 valence electrons. The summed E-state index contributed by atoms with van der Waals surface area (Å²) in [5, 5.41) is 9.66. The van der Waals surface area contributed by atoms with Gasteiger partial charge in [-0.25, -0.2) is 0 Å². The molecule has 0 radical (unpaired) electrons. The van der Waals surface area contributed by atoms with E-state index in [2.05, 4.69) is 13.8 Å². The Labute approximate surface area is 62.4 Å². The van der Waals surface area contributed by atoms with Crippen LogP contribution in [0.3, 0.4) is 0 Å². The quantitative estimate of drug-likeness (QED) is 0.542. The van der Waals surface area contributed by atoms with Gasteiger partial charge in [-0.05, 0) is 36.5 Å². The SMILES string of the molecule is CC1CC2CC1C(O)C2C. The number of aliphatic hydroxyl groups is 1. The van der Waals surface area contributed by atoms with Crippen molar-refractivity contribution < 1.29 is 5.11 Å². The average molecular weight is 140 g/mol. The monoisotopic (exact) mass is 140 g/mol. The van der Waals surface area contributed by atoms with E-state index >= 15 is 0 Å². The molecule has 0 spiro atoms. The second kappa shape index (κ2) is 1.97. The summed E-state index contributed by atoms with van der Waals surface area (Å²) in [6, 6.07) is 0. The summed E-state index contributed by atoms with van der Waals surface area (Å²) in [7, 11) is 0. The predicted octanol–water partition coefficient (Wildman–Crippen LogP) is 1.66. The lowest BCUT2D eigenvalue weighted by Gasteiger charge is -2.28. The highest BCUT2D eigenvalue weighted by Crippen LogP contribution is 2.51. The molecule has 2 bridgehead atoms. The molecule has 2 saturated carbocycles. The van der Waals surface area contributed by atoms with Crippen molar-refractivity contribution in [1.29, 1.82) is 0 Å². The molecule has 0 amide bonds. The summed E-state index contributed by atoms with van der Waals surface area (Å²) in [5.41, 5.74) is 0. The fourth-order valence-electron chi connectivity index (χ4n) is 2.90. The van der Waals surface area contributed by atoms with Crippen molar-refractivity contribution in [2.45, 2.75) is 32.8 Å². The van der Waals surface area contributed by atoms with Gasteiger partial charge in [0.05, 0.1) is 6.10 Å². The van der Waals surface area contributed by atoms with Gasteiger partial charge in [-0.1, -0.05) is 13.8 Å². The molecule has 0 aromatic rings. The molecule has 0 aromatic carbocycles. The zero-order valence-corrected chi connectivity index (χ0v) is 6.75. The molecule has 0 aromatic heterocycles. The average Bonchev–Trinajstić information content (AvgIpc) is 2.36. The Bertz CT molecular complexity index is 142. The summed E-state index contributed by atoms with van der Waals surface area (Å²) in [6.07, 6.45) is 2.68. The molecule has 10 heavy (non-hydrogen) atoms. The Morgan fingerprint density at radius 1 is 1.20 bits per heavy atom. The van der Waals surface area contributed by atoms with E-state index in [1.54, 1.807) is 0 Å². The molecule has 2 aliphatic rings. The van der Waals surface area contributed by atoms with Crippen molar-refractivity contribution in [2.75, 3.05) is 0 Å². The van der Waals surface area contributed by atoms with Crippen LogP contribution in [0.1, 0.15) is 26.7 Å². The number of hydrogen-bond donors (Lipinski definition) is 1. The predicted molar refractivity (Wildman–Crippen MR) is 40.5 cm³/mol. The van der Waals surface area contributed by atoms with E-state index in [1.165, 1.54) is 12.8 Å². The van der Waals surface area contributed by atoms with Gasteiger partial charge in [0, 0.05) is 0 Å². The van der Waals surface area contributed by atoms with Gasteiger partial charge in [-0.3, -0.25) is 0 Å². The van der Waals surface area contributed by atoms with E-state index in [0.717, 1.165) is 11.8 Å². The number of fused-ring (bicyclic) bond motifs is 2. The second-order valence-electron chi connectivity index (χ2n) is 4.22. The van der Waals surface area contributed by atoms with Crippen LogP contribution < -0.4 is 0 Å². The van der Waals surface area contributed by atoms with E-state index in [4.69, 9.17) is 0 Å². The fourth-order valence-corrected chi connectivity index (χ4v) is 2.90. The minimum absolute atomic E-state index is 0.0220. The Hall–Kier alpha value is -0.0400. The Kier molecular flexibility index (Phi) is 1.31.